The van der Waals surface area contributed by atoms with Crippen molar-refractivity contribution < 1.29 is 76.6 Å². The third-order valence-electron chi connectivity index (χ3n) is 3.86. The Bertz CT molecular complexity index is 437. The van der Waals surface area contributed by atoms with Crippen LogP contribution in [0.5, 0.6) is 0 Å². The standard InChI is InChI=1S/3C6H15O3P.2Co/c3*1-2-3-4-5-6-10(7,8)9;;/h3*2-6H2,1H3,(H2,7,8,9);;/q;;;2*+3/p-6. The van der Waals surface area contributed by atoms with E-state index in [1.807, 2.05) is 20.8 Å². The van der Waals surface area contributed by atoms with Gasteiger partial charge in [0, 0.05) is 0 Å². The van der Waals surface area contributed by atoms with E-state index in [0.29, 0.717) is 19.3 Å². The third-order valence-corrected chi connectivity index (χ3v) is 6.45. The van der Waals surface area contributed by atoms with E-state index in [0.717, 1.165) is 57.8 Å². The summed E-state index contributed by atoms with van der Waals surface area (Å²) in [7, 11) is -12.6. The zero-order valence-corrected chi connectivity index (χ0v) is 24.1. The van der Waals surface area contributed by atoms with Crippen LogP contribution in [0.3, 0.4) is 0 Å². The van der Waals surface area contributed by atoms with E-state index in [4.69, 9.17) is 0 Å². The molecule has 0 unspecified atom stereocenters. The van der Waals surface area contributed by atoms with E-state index >= 15 is 0 Å². The maximum Gasteiger partial charge on any atom is 3.00 e. The Kier molecular flexibility index (Phi) is 36.8. The molecule has 198 valence electrons. The van der Waals surface area contributed by atoms with Gasteiger partial charge in [0.1, 0.15) is 0 Å². The van der Waals surface area contributed by atoms with Gasteiger partial charge >= 0.3 is 33.6 Å². The Balaban J connectivity index is -0.000000110. The molecule has 0 aromatic rings. The van der Waals surface area contributed by atoms with E-state index in [9.17, 15) is 43.1 Å². The van der Waals surface area contributed by atoms with Crippen molar-refractivity contribution in [2.45, 2.75) is 97.8 Å². The second kappa shape index (κ2) is 27.1. The van der Waals surface area contributed by atoms with Crippen LogP contribution in [0.2, 0.25) is 0 Å². The summed E-state index contributed by atoms with van der Waals surface area (Å²) in [6.07, 6.45) is 9.83. The van der Waals surface area contributed by atoms with E-state index < -0.39 is 22.8 Å². The molecule has 0 amide bonds. The number of unbranched alkanes of at least 4 members (excludes halogenated alkanes) is 9. The van der Waals surface area contributed by atoms with Gasteiger partial charge in [0.05, 0.1) is 0 Å². The van der Waals surface area contributed by atoms with E-state index in [2.05, 4.69) is 0 Å². The van der Waals surface area contributed by atoms with Gasteiger partial charge in [0.25, 0.3) is 0 Å². The predicted octanol–water partition coefficient (Wildman–Crippen LogP) is 1.44. The zero-order chi connectivity index (χ0) is 24.1. The van der Waals surface area contributed by atoms with Crippen LogP contribution in [-0.2, 0) is 47.3 Å². The Labute approximate surface area is 215 Å². The average molecular weight is 610 g/mol. The molecule has 14 heteroatoms. The van der Waals surface area contributed by atoms with Gasteiger partial charge < -0.3 is 43.1 Å². The van der Waals surface area contributed by atoms with Gasteiger partial charge in [-0.05, 0) is 37.7 Å². The molecule has 0 aliphatic rings. The van der Waals surface area contributed by atoms with E-state index in [1.165, 1.54) is 0 Å². The van der Waals surface area contributed by atoms with Gasteiger partial charge in [-0.15, -0.1) is 0 Å². The van der Waals surface area contributed by atoms with Gasteiger partial charge in [-0.25, -0.2) is 0 Å². The summed E-state index contributed by atoms with van der Waals surface area (Å²) in [5.74, 6) is 0. The second-order valence-corrected chi connectivity index (χ2v) is 12.2. The first kappa shape index (κ1) is 43.5. The Hall–Kier alpha value is 1.46. The summed E-state index contributed by atoms with van der Waals surface area (Å²) >= 11 is 0. The summed E-state index contributed by atoms with van der Waals surface area (Å²) < 4.78 is 30.2. The molecular weight excluding hydrogens is 571 g/mol. The van der Waals surface area contributed by atoms with Crippen LogP contribution in [0.15, 0.2) is 0 Å². The molecule has 0 heterocycles. The molecule has 0 aliphatic heterocycles. The number of rotatable bonds is 15. The SMILES string of the molecule is CCCCCCP(=O)([O-])[O-].CCCCCCP(=O)([O-])[O-].CCCCCCP(=O)([O-])[O-].[Co+3].[Co+3]. The molecule has 0 atom stereocenters. The van der Waals surface area contributed by atoms with Crippen LogP contribution in [-0.4, -0.2) is 18.5 Å². The molecule has 0 N–H and O–H groups in total. The summed E-state index contributed by atoms with van der Waals surface area (Å²) in [6.45, 7) is 6.11. The summed E-state index contributed by atoms with van der Waals surface area (Å²) in [6, 6.07) is 0. The minimum absolute atomic E-state index is 0. The molecule has 32 heavy (non-hydrogen) atoms. The maximum absolute atomic E-state index is 10.1. The molecule has 0 spiro atoms. The van der Waals surface area contributed by atoms with Crippen molar-refractivity contribution in [1.82, 2.24) is 0 Å². The van der Waals surface area contributed by atoms with Crippen molar-refractivity contribution in [3.8, 4) is 0 Å². The van der Waals surface area contributed by atoms with Crippen LogP contribution in [0.4, 0.5) is 0 Å². The van der Waals surface area contributed by atoms with Gasteiger partial charge in [0.15, 0.2) is 0 Å². The smallest absolute Gasteiger partial charge is 0.811 e. The second-order valence-electron chi connectivity index (χ2n) is 7.19. The molecule has 0 aliphatic carbocycles. The topological polar surface area (TPSA) is 190 Å². The van der Waals surface area contributed by atoms with Gasteiger partial charge in [0.2, 0.25) is 0 Å². The molecule has 9 nitrogen and oxygen atoms in total. The van der Waals surface area contributed by atoms with Crippen LogP contribution < -0.4 is 29.4 Å². The summed E-state index contributed by atoms with van der Waals surface area (Å²) in [4.78, 5) is 60.4. The first-order chi connectivity index (χ1) is 13.7. The molecule has 0 rings (SSSR count). The largest absolute Gasteiger partial charge is 3.00 e. The van der Waals surface area contributed by atoms with Crippen molar-refractivity contribution in [2.24, 2.45) is 0 Å². The summed E-state index contributed by atoms with van der Waals surface area (Å²) in [5.41, 5.74) is 0. The average Bonchev–Trinajstić information content (AvgIpc) is 2.58. The van der Waals surface area contributed by atoms with Crippen molar-refractivity contribution in [3.05, 3.63) is 0 Å². The maximum atomic E-state index is 10.1. The Morgan fingerprint density at radius 3 is 0.719 bits per heavy atom. The monoisotopic (exact) mass is 610 g/mol. The van der Waals surface area contributed by atoms with Crippen LogP contribution in [0.25, 0.3) is 0 Å². The molecule has 0 fully saturated rings. The summed E-state index contributed by atoms with van der Waals surface area (Å²) in [5, 5.41) is 0. The van der Waals surface area contributed by atoms with Crippen LogP contribution >= 0.6 is 22.8 Å². The molecular formula is C18H39Co2O9P3. The normalized spacial score (nSPS) is 11.2. The van der Waals surface area contributed by atoms with Crippen molar-refractivity contribution in [1.29, 1.82) is 0 Å². The number of hydrogen-bond donors (Lipinski definition) is 0. The zero-order valence-electron chi connectivity index (χ0n) is 19.3. The first-order valence-electron chi connectivity index (χ1n) is 10.7. The van der Waals surface area contributed by atoms with Gasteiger partial charge in [-0.1, -0.05) is 101 Å². The van der Waals surface area contributed by atoms with E-state index in [-0.39, 0.29) is 52.0 Å². The molecule has 0 aromatic heterocycles. The van der Waals surface area contributed by atoms with Gasteiger partial charge in [-0.2, -0.15) is 0 Å². The predicted molar refractivity (Wildman–Crippen MR) is 110 cm³/mol. The Morgan fingerprint density at radius 2 is 0.594 bits per heavy atom. The Morgan fingerprint density at radius 1 is 0.406 bits per heavy atom. The van der Waals surface area contributed by atoms with Crippen molar-refractivity contribution >= 4 is 22.8 Å². The van der Waals surface area contributed by atoms with Crippen LogP contribution in [0.1, 0.15) is 97.8 Å². The van der Waals surface area contributed by atoms with Gasteiger partial charge in [-0.3, -0.25) is 0 Å². The molecule has 0 saturated carbocycles. The van der Waals surface area contributed by atoms with E-state index in [1.54, 1.807) is 0 Å². The molecule has 0 radical (unpaired) electrons. The van der Waals surface area contributed by atoms with Crippen molar-refractivity contribution in [3.63, 3.8) is 0 Å². The van der Waals surface area contributed by atoms with Crippen molar-refractivity contribution in [2.75, 3.05) is 18.5 Å². The van der Waals surface area contributed by atoms with Crippen LogP contribution in [0, 0.1) is 0 Å². The molecule has 0 saturated heterocycles. The minimum atomic E-state index is -4.21. The fraction of sp³-hybridized carbons (Fsp3) is 1.00. The quantitative estimate of drug-likeness (QED) is 0.195. The molecule has 0 bridgehead atoms. The molecule has 0 aromatic carbocycles. The minimum Gasteiger partial charge on any atom is -0.811 e. The first-order valence-corrected chi connectivity index (χ1v) is 15.9. The fourth-order valence-corrected chi connectivity index (χ4v) is 4.03. The number of hydrogen-bond acceptors (Lipinski definition) is 9. The fourth-order valence-electron chi connectivity index (χ4n) is 2.20. The third kappa shape index (κ3) is 57.9.